The molecule has 0 unspecified atom stereocenters. The number of benzene rings is 1. The average molecular weight is 325 g/mol. The minimum Gasteiger partial charge on any atom is -0.375 e. The van der Waals surface area contributed by atoms with E-state index in [9.17, 15) is 4.79 Å². The van der Waals surface area contributed by atoms with Gasteiger partial charge in [0, 0.05) is 24.2 Å². The Balaban J connectivity index is 0.00000161. The van der Waals surface area contributed by atoms with Crippen LogP contribution >= 0.6 is 23.7 Å². The molecule has 2 N–H and O–H groups in total. The first-order valence-electron chi connectivity index (χ1n) is 6.45. The van der Waals surface area contributed by atoms with Crippen molar-refractivity contribution in [2.45, 2.75) is 13.1 Å². The van der Waals surface area contributed by atoms with E-state index in [1.807, 2.05) is 35.2 Å². The molecule has 1 aromatic heterocycles. The van der Waals surface area contributed by atoms with Crippen molar-refractivity contribution in [2.24, 2.45) is 0 Å². The lowest BCUT2D eigenvalue weighted by Crippen LogP contribution is -2.26. The number of hydrogen-bond acceptors (Lipinski definition) is 5. The lowest BCUT2D eigenvalue weighted by Gasteiger charge is -2.17. The van der Waals surface area contributed by atoms with E-state index in [0.29, 0.717) is 24.9 Å². The summed E-state index contributed by atoms with van der Waals surface area (Å²) in [6, 6.07) is 10.1. The largest absolute Gasteiger partial charge is 0.375 e. The van der Waals surface area contributed by atoms with Crippen LogP contribution in [0.25, 0.3) is 0 Å². The smallest absolute Gasteiger partial charge is 0.238 e. The first kappa shape index (κ1) is 15.8. The van der Waals surface area contributed by atoms with Crippen molar-refractivity contribution >= 4 is 34.8 Å². The molecule has 0 atom stereocenters. The average Bonchev–Trinajstić information content (AvgIpc) is 2.98. The maximum absolute atomic E-state index is 12.0. The molecule has 1 aliphatic heterocycles. The third-order valence-corrected chi connectivity index (χ3v) is 4.06. The van der Waals surface area contributed by atoms with Gasteiger partial charge >= 0.3 is 0 Å². The van der Waals surface area contributed by atoms with Gasteiger partial charge < -0.3 is 10.6 Å². The Labute approximate surface area is 133 Å². The molecule has 7 heteroatoms. The molecule has 1 fully saturated rings. The van der Waals surface area contributed by atoms with Crippen LogP contribution in [0.1, 0.15) is 10.4 Å². The van der Waals surface area contributed by atoms with Crippen molar-refractivity contribution in [1.82, 2.24) is 14.8 Å². The predicted molar refractivity (Wildman–Crippen MR) is 86.0 cm³/mol. The molecule has 5 nitrogen and oxygen atoms in total. The number of amides is 1. The molecule has 2 aromatic rings. The molecule has 0 bridgehead atoms. The van der Waals surface area contributed by atoms with Crippen LogP contribution in [0.5, 0.6) is 0 Å². The molecule has 0 radical (unpaired) electrons. The second-order valence-corrected chi connectivity index (χ2v) is 6.02. The number of nitrogens with zero attached hydrogens (tertiary/aromatic N) is 3. The van der Waals surface area contributed by atoms with E-state index >= 15 is 0 Å². The maximum Gasteiger partial charge on any atom is 0.238 e. The Morgan fingerprint density at radius 2 is 2.00 bits per heavy atom. The molecule has 0 spiro atoms. The number of anilines is 1. The molecular formula is C14H17ClN4OS. The number of aromatic nitrogens is 1. The highest BCUT2D eigenvalue weighted by Crippen LogP contribution is 2.19. The third kappa shape index (κ3) is 3.93. The van der Waals surface area contributed by atoms with Crippen LogP contribution in [0.15, 0.2) is 36.5 Å². The first-order valence-corrected chi connectivity index (χ1v) is 7.26. The van der Waals surface area contributed by atoms with Crippen LogP contribution in [-0.4, -0.2) is 33.9 Å². The van der Waals surface area contributed by atoms with Gasteiger partial charge in [0.2, 0.25) is 5.91 Å². The molecule has 1 saturated heterocycles. The van der Waals surface area contributed by atoms with Crippen LogP contribution in [0.2, 0.25) is 0 Å². The van der Waals surface area contributed by atoms with Gasteiger partial charge in [0.1, 0.15) is 0 Å². The van der Waals surface area contributed by atoms with Crippen molar-refractivity contribution in [3.05, 3.63) is 47.0 Å². The lowest BCUT2D eigenvalue weighted by atomic mass is 10.2. The molecule has 112 valence electrons. The number of thiazole rings is 1. The topological polar surface area (TPSA) is 62.5 Å². The zero-order valence-electron chi connectivity index (χ0n) is 11.4. The fraction of sp³-hybridized carbons (Fsp3) is 0.286. The van der Waals surface area contributed by atoms with E-state index in [-0.39, 0.29) is 18.3 Å². The predicted octanol–water partition coefficient (Wildman–Crippen LogP) is 1.95. The minimum atomic E-state index is 0. The summed E-state index contributed by atoms with van der Waals surface area (Å²) in [7, 11) is 0. The van der Waals surface area contributed by atoms with Crippen molar-refractivity contribution in [3.63, 3.8) is 0 Å². The monoisotopic (exact) mass is 324 g/mol. The van der Waals surface area contributed by atoms with Gasteiger partial charge in [-0.25, -0.2) is 4.98 Å². The summed E-state index contributed by atoms with van der Waals surface area (Å²) < 4.78 is 0. The van der Waals surface area contributed by atoms with E-state index in [1.54, 1.807) is 6.20 Å². The number of halogens is 1. The number of rotatable bonds is 4. The van der Waals surface area contributed by atoms with E-state index in [0.717, 1.165) is 17.0 Å². The number of nitrogen functional groups attached to an aromatic ring is 1. The number of hydrogen-bond donors (Lipinski definition) is 1. The van der Waals surface area contributed by atoms with Crippen molar-refractivity contribution in [1.29, 1.82) is 0 Å². The molecule has 1 aromatic carbocycles. The molecule has 3 rings (SSSR count). The summed E-state index contributed by atoms with van der Waals surface area (Å²) in [6.07, 6.45) is 1.78. The highest BCUT2D eigenvalue weighted by atomic mass is 35.5. The van der Waals surface area contributed by atoms with Gasteiger partial charge in [-0.2, -0.15) is 0 Å². The van der Waals surface area contributed by atoms with E-state index in [2.05, 4.69) is 9.88 Å². The Bertz CT molecular complexity index is 604. The lowest BCUT2D eigenvalue weighted by molar-refractivity contribution is -0.127. The summed E-state index contributed by atoms with van der Waals surface area (Å²) in [4.78, 5) is 21.1. The third-order valence-electron chi connectivity index (χ3n) is 3.25. The van der Waals surface area contributed by atoms with E-state index in [4.69, 9.17) is 5.73 Å². The molecule has 0 aliphatic carbocycles. The van der Waals surface area contributed by atoms with E-state index < -0.39 is 0 Å². The zero-order chi connectivity index (χ0) is 13.9. The number of carbonyl (C=O) groups excluding carboxylic acids is 1. The van der Waals surface area contributed by atoms with Crippen molar-refractivity contribution in [3.8, 4) is 0 Å². The Hall–Kier alpha value is -1.63. The highest BCUT2D eigenvalue weighted by molar-refractivity contribution is 7.15. The summed E-state index contributed by atoms with van der Waals surface area (Å²) in [5, 5.41) is 0.576. The molecule has 21 heavy (non-hydrogen) atoms. The van der Waals surface area contributed by atoms with Gasteiger partial charge in [-0.1, -0.05) is 30.3 Å². The standard InChI is InChI=1S/C14H16N4OS.ClH/c15-14-16-6-12(20-14)8-17-9-13(19)18(10-17)7-11-4-2-1-3-5-11;/h1-6H,7-10H2,(H2,15,16);1H. The molecule has 1 amide bonds. The molecule has 0 saturated carbocycles. The maximum atomic E-state index is 12.0. The van der Waals surface area contributed by atoms with Gasteiger partial charge in [-0.05, 0) is 5.56 Å². The van der Waals surface area contributed by atoms with Gasteiger partial charge in [0.25, 0.3) is 0 Å². The normalized spacial score (nSPS) is 15.2. The number of carbonyl (C=O) groups is 1. The molecule has 1 aliphatic rings. The Kier molecular flexibility index (Phi) is 5.17. The van der Waals surface area contributed by atoms with Crippen LogP contribution in [0.4, 0.5) is 5.13 Å². The number of nitrogens with two attached hydrogens (primary N) is 1. The second-order valence-electron chi connectivity index (χ2n) is 4.87. The summed E-state index contributed by atoms with van der Waals surface area (Å²) in [5.41, 5.74) is 6.78. The highest BCUT2D eigenvalue weighted by Gasteiger charge is 2.27. The van der Waals surface area contributed by atoms with Gasteiger partial charge in [0.15, 0.2) is 5.13 Å². The van der Waals surface area contributed by atoms with Crippen LogP contribution in [0, 0.1) is 0 Å². The van der Waals surface area contributed by atoms with E-state index in [1.165, 1.54) is 11.3 Å². The van der Waals surface area contributed by atoms with Crippen molar-refractivity contribution in [2.75, 3.05) is 18.9 Å². The Morgan fingerprint density at radius 1 is 1.24 bits per heavy atom. The summed E-state index contributed by atoms with van der Waals surface area (Å²) in [5.74, 6) is 0.173. The van der Waals surface area contributed by atoms with Gasteiger partial charge in [-0.15, -0.1) is 23.7 Å². The fourth-order valence-corrected chi connectivity index (χ4v) is 3.05. The Morgan fingerprint density at radius 3 is 2.67 bits per heavy atom. The zero-order valence-corrected chi connectivity index (χ0v) is 13.1. The van der Waals surface area contributed by atoms with Gasteiger partial charge in [-0.3, -0.25) is 9.69 Å². The molecule has 2 heterocycles. The van der Waals surface area contributed by atoms with Crippen LogP contribution < -0.4 is 5.73 Å². The SMILES string of the molecule is Cl.Nc1ncc(CN2CC(=O)N(Cc3ccccc3)C2)s1. The van der Waals surface area contributed by atoms with Crippen molar-refractivity contribution < 1.29 is 4.79 Å². The fourth-order valence-electron chi connectivity index (χ4n) is 2.33. The summed E-state index contributed by atoms with van der Waals surface area (Å²) in [6.45, 7) is 2.52. The second kappa shape index (κ2) is 6.89. The quantitative estimate of drug-likeness (QED) is 0.933. The molecular weight excluding hydrogens is 308 g/mol. The minimum absolute atomic E-state index is 0. The van der Waals surface area contributed by atoms with Crippen LogP contribution in [-0.2, 0) is 17.9 Å². The van der Waals surface area contributed by atoms with Gasteiger partial charge in [0.05, 0.1) is 13.2 Å². The van der Waals surface area contributed by atoms with Crippen LogP contribution in [0.3, 0.4) is 0 Å². The summed E-state index contributed by atoms with van der Waals surface area (Å²) >= 11 is 1.48. The first-order chi connectivity index (χ1) is 9.70.